The summed E-state index contributed by atoms with van der Waals surface area (Å²) < 4.78 is 10.4. The van der Waals surface area contributed by atoms with Gasteiger partial charge < -0.3 is 14.6 Å². The van der Waals surface area contributed by atoms with Gasteiger partial charge in [0.05, 0.1) is 6.10 Å². The molecule has 15 heavy (non-hydrogen) atoms. The highest BCUT2D eigenvalue weighted by Crippen LogP contribution is 2.06. The van der Waals surface area contributed by atoms with E-state index in [1.165, 1.54) is 0 Å². The molecule has 0 spiro atoms. The third kappa shape index (κ3) is 6.25. The van der Waals surface area contributed by atoms with Gasteiger partial charge in [0.1, 0.15) is 6.10 Å². The predicted molar refractivity (Wildman–Crippen MR) is 57.5 cm³/mol. The van der Waals surface area contributed by atoms with Gasteiger partial charge in [-0.3, -0.25) is 0 Å². The van der Waals surface area contributed by atoms with Crippen molar-refractivity contribution in [3.05, 3.63) is 12.2 Å². The van der Waals surface area contributed by atoms with E-state index in [1.54, 1.807) is 13.8 Å². The molecule has 0 fully saturated rings. The van der Waals surface area contributed by atoms with E-state index in [1.807, 2.05) is 6.92 Å². The first-order chi connectivity index (χ1) is 6.99. The van der Waals surface area contributed by atoms with Crippen LogP contribution in [0.3, 0.4) is 0 Å². The second-order valence-corrected chi connectivity index (χ2v) is 3.54. The zero-order valence-corrected chi connectivity index (χ0v) is 9.66. The summed E-state index contributed by atoms with van der Waals surface area (Å²) in [6.45, 7) is 9.26. The highest BCUT2D eigenvalue weighted by Gasteiger charge is 2.17. The van der Waals surface area contributed by atoms with Crippen LogP contribution in [0, 0.1) is 0 Å². The van der Waals surface area contributed by atoms with Crippen LogP contribution in [0.2, 0.25) is 0 Å². The Kier molecular flexibility index (Phi) is 6.99. The third-order valence-corrected chi connectivity index (χ3v) is 1.99. The normalized spacial score (nSPS) is 14.4. The van der Waals surface area contributed by atoms with Crippen LogP contribution in [-0.4, -0.2) is 36.5 Å². The Labute approximate surface area is 90.9 Å². The van der Waals surface area contributed by atoms with Crippen LogP contribution in [0.1, 0.15) is 27.2 Å². The first-order valence-electron chi connectivity index (χ1n) is 5.08. The minimum absolute atomic E-state index is 0.104. The number of hydrogen-bond acceptors (Lipinski definition) is 4. The number of aliphatic hydroxyl groups excluding tert-OH is 1. The molecule has 0 bridgehead atoms. The monoisotopic (exact) mass is 216 g/mol. The number of ether oxygens (including phenoxy) is 2. The molecule has 88 valence electrons. The highest BCUT2D eigenvalue weighted by molar-refractivity contribution is 5.87. The molecule has 0 radical (unpaired) electrons. The molecule has 0 aromatic rings. The summed E-state index contributed by atoms with van der Waals surface area (Å²) in [6.07, 6.45) is 0.0960. The Morgan fingerprint density at radius 1 is 1.40 bits per heavy atom. The van der Waals surface area contributed by atoms with Crippen molar-refractivity contribution in [3.63, 3.8) is 0 Å². The second kappa shape index (κ2) is 7.43. The van der Waals surface area contributed by atoms with E-state index in [0.717, 1.165) is 0 Å². The Morgan fingerprint density at radius 2 is 2.00 bits per heavy atom. The van der Waals surface area contributed by atoms with Gasteiger partial charge in [0.25, 0.3) is 0 Å². The fourth-order valence-electron chi connectivity index (χ4n) is 0.835. The summed E-state index contributed by atoms with van der Waals surface area (Å²) in [5, 5.41) is 8.56. The van der Waals surface area contributed by atoms with Crippen molar-refractivity contribution in [1.82, 2.24) is 0 Å². The van der Waals surface area contributed by atoms with Crippen LogP contribution in [0.15, 0.2) is 12.2 Å². The fourth-order valence-corrected chi connectivity index (χ4v) is 0.835. The summed E-state index contributed by atoms with van der Waals surface area (Å²) in [7, 11) is 0. The van der Waals surface area contributed by atoms with Gasteiger partial charge in [-0.25, -0.2) is 4.79 Å². The van der Waals surface area contributed by atoms with Gasteiger partial charge in [0, 0.05) is 18.8 Å². The van der Waals surface area contributed by atoms with E-state index in [9.17, 15) is 4.79 Å². The molecule has 0 aliphatic rings. The average molecular weight is 216 g/mol. The molecule has 0 heterocycles. The molecule has 0 saturated heterocycles. The molecule has 0 aliphatic carbocycles. The molecule has 0 aromatic carbocycles. The maximum absolute atomic E-state index is 11.2. The minimum atomic E-state index is -0.403. The van der Waals surface area contributed by atoms with E-state index < -0.39 is 5.97 Å². The van der Waals surface area contributed by atoms with Crippen LogP contribution in [-0.2, 0) is 14.3 Å². The van der Waals surface area contributed by atoms with E-state index in [2.05, 4.69) is 6.58 Å². The Bertz CT molecular complexity index is 213. The molecule has 0 rings (SSSR count). The van der Waals surface area contributed by atoms with Crippen LogP contribution in [0.4, 0.5) is 0 Å². The summed E-state index contributed by atoms with van der Waals surface area (Å²) in [4.78, 5) is 11.2. The van der Waals surface area contributed by atoms with E-state index in [4.69, 9.17) is 14.6 Å². The van der Waals surface area contributed by atoms with Gasteiger partial charge in [-0.1, -0.05) is 6.58 Å². The number of hydrogen-bond donors (Lipinski definition) is 1. The van der Waals surface area contributed by atoms with Gasteiger partial charge in [0.15, 0.2) is 0 Å². The van der Waals surface area contributed by atoms with Gasteiger partial charge in [-0.05, 0) is 27.2 Å². The predicted octanol–water partition coefficient (Wildman–Crippen LogP) is 1.28. The van der Waals surface area contributed by atoms with E-state index in [-0.39, 0.29) is 18.8 Å². The summed E-state index contributed by atoms with van der Waals surface area (Å²) in [5.41, 5.74) is 0.379. The number of esters is 1. The van der Waals surface area contributed by atoms with Crippen molar-refractivity contribution in [1.29, 1.82) is 0 Å². The van der Waals surface area contributed by atoms with Crippen LogP contribution < -0.4 is 0 Å². The molecular weight excluding hydrogens is 196 g/mol. The standard InChI is InChI=1S/C11H20O4/c1-8(2)11(13)15-10(4)9(3)14-7-5-6-12/h9-10,12H,1,5-7H2,2-4H3. The molecule has 0 aromatic heterocycles. The van der Waals surface area contributed by atoms with Crippen molar-refractivity contribution >= 4 is 5.97 Å². The lowest BCUT2D eigenvalue weighted by atomic mass is 10.2. The zero-order chi connectivity index (χ0) is 11.8. The molecule has 1 N–H and O–H groups in total. The Morgan fingerprint density at radius 3 is 2.47 bits per heavy atom. The first-order valence-corrected chi connectivity index (χ1v) is 5.08. The number of rotatable bonds is 7. The van der Waals surface area contributed by atoms with Gasteiger partial charge in [0.2, 0.25) is 0 Å². The minimum Gasteiger partial charge on any atom is -0.457 e. The van der Waals surface area contributed by atoms with Crippen molar-refractivity contribution in [3.8, 4) is 0 Å². The summed E-state index contributed by atoms with van der Waals surface area (Å²) in [5.74, 6) is -0.403. The smallest absolute Gasteiger partial charge is 0.333 e. The van der Waals surface area contributed by atoms with E-state index >= 15 is 0 Å². The lowest BCUT2D eigenvalue weighted by Crippen LogP contribution is -2.29. The SMILES string of the molecule is C=C(C)C(=O)OC(C)C(C)OCCCO. The lowest BCUT2D eigenvalue weighted by Gasteiger charge is -2.20. The van der Waals surface area contributed by atoms with Crippen molar-refractivity contribution in [2.75, 3.05) is 13.2 Å². The number of carbonyl (C=O) groups excluding carboxylic acids is 1. The van der Waals surface area contributed by atoms with E-state index in [0.29, 0.717) is 18.6 Å². The third-order valence-electron chi connectivity index (χ3n) is 1.99. The quantitative estimate of drug-likeness (QED) is 0.396. The fraction of sp³-hybridized carbons (Fsp3) is 0.727. The van der Waals surface area contributed by atoms with Crippen molar-refractivity contribution in [2.24, 2.45) is 0 Å². The molecule has 0 saturated carbocycles. The summed E-state index contributed by atoms with van der Waals surface area (Å²) >= 11 is 0. The van der Waals surface area contributed by atoms with Gasteiger partial charge >= 0.3 is 5.97 Å². The Hall–Kier alpha value is -0.870. The topological polar surface area (TPSA) is 55.8 Å². The molecule has 0 aliphatic heterocycles. The molecule has 0 amide bonds. The van der Waals surface area contributed by atoms with Crippen LogP contribution in [0.5, 0.6) is 0 Å². The number of carbonyl (C=O) groups is 1. The number of aliphatic hydroxyl groups is 1. The highest BCUT2D eigenvalue weighted by atomic mass is 16.6. The molecule has 4 nitrogen and oxygen atoms in total. The van der Waals surface area contributed by atoms with Gasteiger partial charge in [-0.2, -0.15) is 0 Å². The van der Waals surface area contributed by atoms with Crippen LogP contribution in [0.25, 0.3) is 0 Å². The van der Waals surface area contributed by atoms with Crippen LogP contribution >= 0.6 is 0 Å². The molecule has 2 unspecified atom stereocenters. The average Bonchev–Trinajstić information content (AvgIpc) is 2.17. The maximum atomic E-state index is 11.2. The zero-order valence-electron chi connectivity index (χ0n) is 9.66. The van der Waals surface area contributed by atoms with Gasteiger partial charge in [-0.15, -0.1) is 0 Å². The Balaban J connectivity index is 3.82. The molecular formula is C11H20O4. The second-order valence-electron chi connectivity index (χ2n) is 3.54. The maximum Gasteiger partial charge on any atom is 0.333 e. The van der Waals surface area contributed by atoms with Crippen molar-refractivity contribution in [2.45, 2.75) is 39.4 Å². The molecule has 2 atom stereocenters. The summed E-state index contributed by atoms with van der Waals surface area (Å²) in [6, 6.07) is 0. The lowest BCUT2D eigenvalue weighted by molar-refractivity contribution is -0.150. The van der Waals surface area contributed by atoms with Crippen molar-refractivity contribution < 1.29 is 19.4 Å². The largest absolute Gasteiger partial charge is 0.457 e. The molecule has 4 heteroatoms. The first kappa shape index (κ1) is 14.1.